The van der Waals surface area contributed by atoms with E-state index >= 15 is 0 Å². The van der Waals surface area contributed by atoms with Crippen molar-refractivity contribution in [3.63, 3.8) is 0 Å². The number of carbonyl (C=O) groups excluding carboxylic acids is 1. The Labute approximate surface area is 183 Å². The smallest absolute Gasteiger partial charge is 0.289 e. The fourth-order valence-electron chi connectivity index (χ4n) is 4.18. The molecular weight excluding hydrogens is 412 g/mol. The number of rotatable bonds is 5. The van der Waals surface area contributed by atoms with E-state index in [1.165, 1.54) is 17.4 Å². The molecule has 3 aromatic rings. The molecule has 0 N–H and O–H groups in total. The molecule has 0 bridgehead atoms. The minimum absolute atomic E-state index is 0.152. The highest BCUT2D eigenvalue weighted by atomic mass is 32.2. The van der Waals surface area contributed by atoms with Crippen LogP contribution in [0.25, 0.3) is 11.0 Å². The van der Waals surface area contributed by atoms with Crippen molar-refractivity contribution in [2.75, 3.05) is 32.4 Å². The van der Waals surface area contributed by atoms with Gasteiger partial charge in [0.15, 0.2) is 15.6 Å². The Hall–Kier alpha value is -2.64. The largest absolute Gasteiger partial charge is 0.451 e. The van der Waals surface area contributed by atoms with Gasteiger partial charge in [-0.25, -0.2) is 8.42 Å². The van der Waals surface area contributed by atoms with E-state index in [-0.39, 0.29) is 17.4 Å². The van der Waals surface area contributed by atoms with Crippen LogP contribution in [0, 0.1) is 6.92 Å². The Morgan fingerprint density at radius 2 is 1.74 bits per heavy atom. The summed E-state index contributed by atoms with van der Waals surface area (Å²) >= 11 is 0. The lowest BCUT2D eigenvalue weighted by Gasteiger charge is -2.22. The van der Waals surface area contributed by atoms with E-state index in [0.29, 0.717) is 29.6 Å². The maximum Gasteiger partial charge on any atom is 0.289 e. The molecule has 0 radical (unpaired) electrons. The molecule has 7 heteroatoms. The van der Waals surface area contributed by atoms with Gasteiger partial charge in [-0.1, -0.05) is 42.5 Å². The highest BCUT2D eigenvalue weighted by Crippen LogP contribution is 2.29. The van der Waals surface area contributed by atoms with Crippen LogP contribution >= 0.6 is 0 Å². The molecular formula is C24H28N2O4S. The summed E-state index contributed by atoms with van der Waals surface area (Å²) in [6, 6.07) is 15.6. The number of sulfone groups is 1. The van der Waals surface area contributed by atoms with Gasteiger partial charge in [0.2, 0.25) is 0 Å². The van der Waals surface area contributed by atoms with Crippen LogP contribution in [0.2, 0.25) is 0 Å². The molecule has 2 heterocycles. The standard InChI is InChI=1S/C24H28N2O4S/c1-18-8-3-4-9-19(18)16-25-12-7-13-26(15-14-25)24(27)23-21(17-31(2,28)29)20-10-5-6-11-22(20)30-23/h3-6,8-11H,7,12-17H2,1-2H3. The van der Waals surface area contributed by atoms with Crippen LogP contribution < -0.4 is 0 Å². The summed E-state index contributed by atoms with van der Waals surface area (Å²) in [6.45, 7) is 5.86. The van der Waals surface area contributed by atoms with Gasteiger partial charge in [0.05, 0.1) is 5.75 Å². The normalized spacial score (nSPS) is 15.9. The van der Waals surface area contributed by atoms with E-state index in [4.69, 9.17) is 4.42 Å². The van der Waals surface area contributed by atoms with E-state index in [1.54, 1.807) is 11.0 Å². The van der Waals surface area contributed by atoms with Crippen molar-refractivity contribution in [1.82, 2.24) is 9.80 Å². The number of fused-ring (bicyclic) bond motifs is 1. The fraction of sp³-hybridized carbons (Fsp3) is 0.375. The van der Waals surface area contributed by atoms with Gasteiger partial charge < -0.3 is 9.32 Å². The van der Waals surface area contributed by atoms with Gasteiger partial charge in [-0.15, -0.1) is 0 Å². The Balaban J connectivity index is 1.54. The maximum atomic E-state index is 13.4. The van der Waals surface area contributed by atoms with E-state index in [0.717, 1.165) is 26.1 Å². The third kappa shape index (κ3) is 4.99. The van der Waals surface area contributed by atoms with Crippen molar-refractivity contribution in [3.8, 4) is 0 Å². The molecule has 164 valence electrons. The number of amides is 1. The van der Waals surface area contributed by atoms with E-state index < -0.39 is 9.84 Å². The van der Waals surface area contributed by atoms with Gasteiger partial charge in [-0.3, -0.25) is 9.69 Å². The van der Waals surface area contributed by atoms with Gasteiger partial charge in [0.25, 0.3) is 5.91 Å². The lowest BCUT2D eigenvalue weighted by Crippen LogP contribution is -2.35. The number of nitrogens with zero attached hydrogens (tertiary/aromatic N) is 2. The quantitative estimate of drug-likeness (QED) is 0.606. The molecule has 31 heavy (non-hydrogen) atoms. The number of carbonyl (C=O) groups is 1. The number of para-hydroxylation sites is 1. The monoisotopic (exact) mass is 440 g/mol. The number of furan rings is 1. The van der Waals surface area contributed by atoms with Gasteiger partial charge in [-0.2, -0.15) is 0 Å². The highest BCUT2D eigenvalue weighted by Gasteiger charge is 2.28. The summed E-state index contributed by atoms with van der Waals surface area (Å²) in [4.78, 5) is 17.5. The Morgan fingerprint density at radius 1 is 1.00 bits per heavy atom. The predicted octanol–water partition coefficient (Wildman–Crippen LogP) is 3.63. The average Bonchev–Trinajstić information content (AvgIpc) is 2.91. The van der Waals surface area contributed by atoms with Gasteiger partial charge >= 0.3 is 0 Å². The second-order valence-electron chi connectivity index (χ2n) is 8.32. The second kappa shape index (κ2) is 8.85. The summed E-state index contributed by atoms with van der Waals surface area (Å²) in [5, 5.41) is 0.687. The van der Waals surface area contributed by atoms with Gasteiger partial charge in [-0.05, 0) is 30.5 Å². The lowest BCUT2D eigenvalue weighted by atomic mass is 10.1. The number of benzene rings is 2. The van der Waals surface area contributed by atoms with Gasteiger partial charge in [0, 0.05) is 49.9 Å². The van der Waals surface area contributed by atoms with Gasteiger partial charge in [0.1, 0.15) is 5.58 Å². The average molecular weight is 441 g/mol. The number of aryl methyl sites for hydroxylation is 1. The molecule has 1 aliphatic heterocycles. The maximum absolute atomic E-state index is 13.4. The van der Waals surface area contributed by atoms with Crippen LogP contribution in [0.5, 0.6) is 0 Å². The zero-order chi connectivity index (χ0) is 22.0. The van der Waals surface area contributed by atoms with Crippen molar-refractivity contribution >= 4 is 26.7 Å². The van der Waals surface area contributed by atoms with Crippen molar-refractivity contribution in [3.05, 3.63) is 71.0 Å². The van der Waals surface area contributed by atoms with Crippen LogP contribution in [0.3, 0.4) is 0 Å². The molecule has 1 amide bonds. The summed E-state index contributed by atoms with van der Waals surface area (Å²) in [5.41, 5.74) is 3.58. The van der Waals surface area contributed by atoms with Crippen LogP contribution in [-0.4, -0.2) is 56.6 Å². The van der Waals surface area contributed by atoms with Crippen LogP contribution in [0.15, 0.2) is 52.9 Å². The molecule has 0 aliphatic carbocycles. The molecule has 2 aromatic carbocycles. The van der Waals surface area contributed by atoms with Crippen molar-refractivity contribution in [2.45, 2.75) is 25.6 Å². The highest BCUT2D eigenvalue weighted by molar-refractivity contribution is 7.89. The van der Waals surface area contributed by atoms with Crippen LogP contribution in [-0.2, 0) is 22.1 Å². The first kappa shape index (κ1) is 21.6. The van der Waals surface area contributed by atoms with E-state index in [9.17, 15) is 13.2 Å². The third-order valence-corrected chi connectivity index (χ3v) is 6.64. The van der Waals surface area contributed by atoms with Crippen molar-refractivity contribution in [1.29, 1.82) is 0 Å². The minimum Gasteiger partial charge on any atom is -0.451 e. The third-order valence-electron chi connectivity index (χ3n) is 5.83. The van der Waals surface area contributed by atoms with Crippen LogP contribution in [0.4, 0.5) is 0 Å². The first-order valence-electron chi connectivity index (χ1n) is 10.6. The van der Waals surface area contributed by atoms with Crippen molar-refractivity contribution < 1.29 is 17.6 Å². The molecule has 0 atom stereocenters. The topological polar surface area (TPSA) is 70.8 Å². The van der Waals surface area contributed by atoms with E-state index in [1.807, 2.05) is 24.3 Å². The van der Waals surface area contributed by atoms with Crippen molar-refractivity contribution in [2.24, 2.45) is 0 Å². The first-order chi connectivity index (χ1) is 14.8. The Bertz CT molecular complexity index is 1200. The summed E-state index contributed by atoms with van der Waals surface area (Å²) in [7, 11) is -3.32. The minimum atomic E-state index is -3.32. The molecule has 0 spiro atoms. The zero-order valence-electron chi connectivity index (χ0n) is 18.0. The molecule has 4 rings (SSSR count). The fourth-order valence-corrected chi connectivity index (χ4v) is 4.99. The zero-order valence-corrected chi connectivity index (χ0v) is 18.8. The number of hydrogen-bond donors (Lipinski definition) is 0. The summed E-state index contributed by atoms with van der Waals surface area (Å²) < 4.78 is 29.9. The molecule has 1 fully saturated rings. The first-order valence-corrected chi connectivity index (χ1v) is 12.6. The Morgan fingerprint density at radius 3 is 2.52 bits per heavy atom. The molecule has 6 nitrogen and oxygen atoms in total. The molecule has 1 aliphatic rings. The predicted molar refractivity (Wildman–Crippen MR) is 122 cm³/mol. The molecule has 1 saturated heterocycles. The van der Waals surface area contributed by atoms with Crippen LogP contribution in [0.1, 0.15) is 33.7 Å². The summed E-state index contributed by atoms with van der Waals surface area (Å²) in [5.74, 6) is -0.287. The SMILES string of the molecule is Cc1ccccc1CN1CCCN(C(=O)c2oc3ccccc3c2CS(C)(=O)=O)CC1. The Kier molecular flexibility index (Phi) is 6.16. The molecule has 0 saturated carbocycles. The summed E-state index contributed by atoms with van der Waals surface area (Å²) in [6.07, 6.45) is 2.04. The molecule has 0 unspecified atom stereocenters. The van der Waals surface area contributed by atoms with E-state index in [2.05, 4.69) is 30.0 Å². The molecule has 1 aromatic heterocycles. The number of hydrogen-bond acceptors (Lipinski definition) is 5. The second-order valence-corrected chi connectivity index (χ2v) is 10.5. The lowest BCUT2D eigenvalue weighted by molar-refractivity contribution is 0.0730.